The Morgan fingerprint density at radius 2 is 2.16 bits per heavy atom. The number of rotatable bonds is 8. The third-order valence-corrected chi connectivity index (χ3v) is 6.15. The summed E-state index contributed by atoms with van der Waals surface area (Å²) in [6.07, 6.45) is 3.14. The fourth-order valence-electron chi connectivity index (χ4n) is 3.00. The first kappa shape index (κ1) is 24.4. The number of hydrogen-bond acceptors (Lipinski definition) is 5. The lowest BCUT2D eigenvalue weighted by Crippen LogP contribution is -2.24. The molecule has 10 heteroatoms. The fourth-order valence-corrected chi connectivity index (χ4v) is 4.05. The second-order valence-electron chi connectivity index (χ2n) is 7.02. The molecule has 0 aliphatic heterocycles. The first-order valence-electron chi connectivity index (χ1n) is 10.1. The Bertz CT molecular complexity index is 1190. The van der Waals surface area contributed by atoms with Gasteiger partial charge in [0.05, 0.1) is 18.0 Å². The van der Waals surface area contributed by atoms with E-state index in [0.29, 0.717) is 29.2 Å². The van der Waals surface area contributed by atoms with Gasteiger partial charge in [-0.2, -0.15) is 4.68 Å². The molecule has 0 amide bonds. The number of aliphatic hydroxyl groups is 1. The van der Waals surface area contributed by atoms with E-state index >= 15 is 4.39 Å². The normalized spacial score (nSPS) is 12.8. The Kier molecular flexibility index (Phi) is 8.07. The minimum Gasteiger partial charge on any atom is -0.488 e. The molecule has 0 aliphatic carbocycles. The monoisotopic (exact) mass is 572 g/mol. The van der Waals surface area contributed by atoms with Gasteiger partial charge in [0.15, 0.2) is 17.4 Å². The first-order chi connectivity index (χ1) is 15.3. The number of benzene rings is 1. The molecule has 2 aromatic heterocycles. The van der Waals surface area contributed by atoms with Gasteiger partial charge in [-0.25, -0.2) is 14.2 Å². The number of nitrogens with zero attached hydrogens (tertiary/aromatic N) is 4. The van der Waals surface area contributed by atoms with E-state index in [1.165, 1.54) is 22.9 Å². The van der Waals surface area contributed by atoms with Gasteiger partial charge in [0, 0.05) is 26.8 Å². The maximum absolute atomic E-state index is 15.3. The van der Waals surface area contributed by atoms with E-state index in [0.717, 1.165) is 8.25 Å². The van der Waals surface area contributed by atoms with Gasteiger partial charge in [0.1, 0.15) is 12.3 Å². The lowest BCUT2D eigenvalue weighted by molar-refractivity contribution is 0.215. The maximum Gasteiger partial charge on any atom is 0.350 e. The zero-order chi connectivity index (χ0) is 23.4. The number of hydrogen-bond donors (Lipinski definition) is 1. The van der Waals surface area contributed by atoms with Crippen LogP contribution in [0, 0.1) is 3.57 Å². The standard InChI is InChI=1S/C22H23ClFIN4O3/c1-4-13(3)32-19-9-14(29-22(31)28(5-2)20(12-30)27-29)11-26-21(19)17(24)10-15-16(23)7-6-8-18(15)25/h6-11,13,30H,4-5,12H2,1-3H3/b17-10-/t13-/m0/s1. The SMILES string of the molecule is CC[C@H](C)Oc1cc(-n2nc(CO)n(CC)c2=O)cnc1/C(F)=C/c1c(Cl)cccc1I. The fraction of sp³-hybridized carbons (Fsp3) is 0.318. The Morgan fingerprint density at radius 1 is 1.41 bits per heavy atom. The van der Waals surface area contributed by atoms with Gasteiger partial charge in [-0.3, -0.25) is 4.57 Å². The molecule has 0 fully saturated rings. The molecule has 7 nitrogen and oxygen atoms in total. The summed E-state index contributed by atoms with van der Waals surface area (Å²) in [4.78, 5) is 16.9. The van der Waals surface area contributed by atoms with E-state index in [4.69, 9.17) is 16.3 Å². The number of halogens is 3. The molecule has 0 radical (unpaired) electrons. The van der Waals surface area contributed by atoms with Gasteiger partial charge >= 0.3 is 5.69 Å². The molecule has 2 heterocycles. The Hall–Kier alpha value is -2.24. The van der Waals surface area contributed by atoms with Crippen LogP contribution in [0.5, 0.6) is 5.75 Å². The summed E-state index contributed by atoms with van der Waals surface area (Å²) < 4.78 is 24.5. The van der Waals surface area contributed by atoms with Gasteiger partial charge in [-0.15, -0.1) is 5.10 Å². The molecule has 170 valence electrons. The van der Waals surface area contributed by atoms with Crippen molar-refractivity contribution in [1.82, 2.24) is 19.3 Å². The van der Waals surface area contributed by atoms with Crippen molar-refractivity contribution >= 4 is 46.1 Å². The second-order valence-corrected chi connectivity index (χ2v) is 8.59. The van der Waals surface area contributed by atoms with Crippen molar-refractivity contribution in [1.29, 1.82) is 0 Å². The van der Waals surface area contributed by atoms with E-state index in [1.54, 1.807) is 19.1 Å². The second kappa shape index (κ2) is 10.6. The number of aromatic nitrogens is 4. The predicted octanol–water partition coefficient (Wildman–Crippen LogP) is 4.84. The third kappa shape index (κ3) is 5.05. The molecule has 0 saturated carbocycles. The molecule has 0 saturated heterocycles. The highest BCUT2D eigenvalue weighted by Gasteiger charge is 2.19. The third-order valence-electron chi connectivity index (χ3n) is 4.88. The minimum atomic E-state index is -0.622. The van der Waals surface area contributed by atoms with Crippen molar-refractivity contribution in [2.24, 2.45) is 0 Å². The summed E-state index contributed by atoms with van der Waals surface area (Å²) >= 11 is 8.32. The van der Waals surface area contributed by atoms with E-state index in [2.05, 4.69) is 32.7 Å². The molecule has 3 aromatic rings. The van der Waals surface area contributed by atoms with Gasteiger partial charge in [-0.05, 0) is 61.1 Å². The van der Waals surface area contributed by atoms with E-state index in [-0.39, 0.29) is 30.0 Å². The molecular weight excluding hydrogens is 550 g/mol. The zero-order valence-corrected chi connectivity index (χ0v) is 20.8. The van der Waals surface area contributed by atoms with Crippen molar-refractivity contribution < 1.29 is 14.2 Å². The predicted molar refractivity (Wildman–Crippen MR) is 131 cm³/mol. The van der Waals surface area contributed by atoms with Crippen molar-refractivity contribution in [2.75, 3.05) is 0 Å². The van der Waals surface area contributed by atoms with Crippen LogP contribution in [0.2, 0.25) is 5.02 Å². The molecular formula is C22H23ClFIN4O3. The molecule has 0 spiro atoms. The summed E-state index contributed by atoms with van der Waals surface area (Å²) in [5.74, 6) is -0.218. The summed E-state index contributed by atoms with van der Waals surface area (Å²) in [6, 6.07) is 6.83. The highest BCUT2D eigenvalue weighted by atomic mass is 127. The van der Waals surface area contributed by atoms with Crippen LogP contribution in [0.1, 0.15) is 44.3 Å². The van der Waals surface area contributed by atoms with Gasteiger partial charge in [0.2, 0.25) is 0 Å². The van der Waals surface area contributed by atoms with E-state index in [9.17, 15) is 9.90 Å². The summed E-state index contributed by atoms with van der Waals surface area (Å²) in [5, 5.41) is 14.1. The molecule has 0 aliphatic rings. The summed E-state index contributed by atoms with van der Waals surface area (Å²) in [7, 11) is 0. The quantitative estimate of drug-likeness (QED) is 0.391. The number of pyridine rings is 1. The molecule has 0 unspecified atom stereocenters. The topological polar surface area (TPSA) is 82.2 Å². The highest BCUT2D eigenvalue weighted by molar-refractivity contribution is 14.1. The van der Waals surface area contributed by atoms with Crippen molar-refractivity contribution in [3.63, 3.8) is 0 Å². The van der Waals surface area contributed by atoms with E-state index in [1.807, 2.05) is 19.9 Å². The summed E-state index contributed by atoms with van der Waals surface area (Å²) in [5.41, 5.74) is 0.412. The Morgan fingerprint density at radius 3 is 2.75 bits per heavy atom. The number of ether oxygens (including phenoxy) is 1. The van der Waals surface area contributed by atoms with Crippen LogP contribution < -0.4 is 10.4 Å². The van der Waals surface area contributed by atoms with Gasteiger partial charge in [0.25, 0.3) is 0 Å². The van der Waals surface area contributed by atoms with Crippen LogP contribution in [0.4, 0.5) is 4.39 Å². The van der Waals surface area contributed by atoms with Crippen LogP contribution >= 0.6 is 34.2 Å². The highest BCUT2D eigenvalue weighted by Crippen LogP contribution is 2.32. The Labute approximate surface area is 203 Å². The largest absolute Gasteiger partial charge is 0.488 e. The van der Waals surface area contributed by atoms with Crippen molar-refractivity contribution in [3.8, 4) is 11.4 Å². The van der Waals surface area contributed by atoms with Crippen LogP contribution in [-0.2, 0) is 13.2 Å². The molecule has 32 heavy (non-hydrogen) atoms. The number of aliphatic hydroxyl groups excluding tert-OH is 1. The van der Waals surface area contributed by atoms with Crippen molar-refractivity contribution in [3.05, 3.63) is 66.6 Å². The van der Waals surface area contributed by atoms with Gasteiger partial charge < -0.3 is 9.84 Å². The Balaban J connectivity index is 2.13. The van der Waals surface area contributed by atoms with Crippen LogP contribution in [-0.4, -0.2) is 30.5 Å². The average molecular weight is 573 g/mol. The van der Waals surface area contributed by atoms with Crippen LogP contribution in [0.15, 0.2) is 35.3 Å². The van der Waals surface area contributed by atoms with E-state index < -0.39 is 11.5 Å². The molecule has 1 aromatic carbocycles. The maximum atomic E-state index is 15.3. The minimum absolute atomic E-state index is 0.00451. The molecule has 0 bridgehead atoms. The zero-order valence-electron chi connectivity index (χ0n) is 17.8. The molecule has 1 atom stereocenters. The van der Waals surface area contributed by atoms with Crippen LogP contribution in [0.25, 0.3) is 17.6 Å². The van der Waals surface area contributed by atoms with Crippen molar-refractivity contribution in [2.45, 2.75) is 46.4 Å². The smallest absolute Gasteiger partial charge is 0.350 e. The molecule has 3 rings (SSSR count). The van der Waals surface area contributed by atoms with Crippen LogP contribution in [0.3, 0.4) is 0 Å². The van der Waals surface area contributed by atoms with Gasteiger partial charge in [-0.1, -0.05) is 24.6 Å². The average Bonchev–Trinajstić information content (AvgIpc) is 3.11. The summed E-state index contributed by atoms with van der Waals surface area (Å²) in [6.45, 7) is 5.55. The lowest BCUT2D eigenvalue weighted by atomic mass is 10.1. The molecule has 1 N–H and O–H groups in total. The first-order valence-corrected chi connectivity index (χ1v) is 11.5. The lowest BCUT2D eigenvalue weighted by Gasteiger charge is -2.16.